The Hall–Kier alpha value is -2.78. The van der Waals surface area contributed by atoms with Crippen LogP contribution in [0.2, 0.25) is 0 Å². The highest BCUT2D eigenvalue weighted by Gasteiger charge is 2.23. The van der Waals surface area contributed by atoms with Crippen molar-refractivity contribution in [3.05, 3.63) is 42.5 Å². The van der Waals surface area contributed by atoms with Crippen LogP contribution in [0.1, 0.15) is 13.8 Å². The third-order valence-electron chi connectivity index (χ3n) is 3.96. The summed E-state index contributed by atoms with van der Waals surface area (Å²) in [5.41, 5.74) is 0.483. The van der Waals surface area contributed by atoms with Crippen LogP contribution in [0.5, 0.6) is 17.2 Å². The standard InChI is InChI=1S/C20H26N2O6S/c1-5-27-18-12-7-15(13-19(18)28-6-2)21-20(23)14-22(3)29(24,25)17-10-8-16(26-4)9-11-17/h7-13H,5-6,14H2,1-4H3,(H,21,23). The average molecular weight is 423 g/mol. The number of hydrogen-bond donors (Lipinski definition) is 1. The molecule has 0 aliphatic rings. The van der Waals surface area contributed by atoms with Crippen LogP contribution in [-0.4, -0.2) is 52.5 Å². The van der Waals surface area contributed by atoms with Gasteiger partial charge in [-0.15, -0.1) is 0 Å². The van der Waals surface area contributed by atoms with Crippen molar-refractivity contribution >= 4 is 21.6 Å². The summed E-state index contributed by atoms with van der Waals surface area (Å²) in [4.78, 5) is 12.4. The zero-order valence-electron chi connectivity index (χ0n) is 17.0. The van der Waals surface area contributed by atoms with Gasteiger partial charge in [0, 0.05) is 18.8 Å². The zero-order chi connectivity index (χ0) is 21.4. The summed E-state index contributed by atoms with van der Waals surface area (Å²) in [6, 6.07) is 11.0. The Labute approximate surface area is 171 Å². The van der Waals surface area contributed by atoms with E-state index in [0.29, 0.717) is 36.1 Å². The second-order valence-electron chi connectivity index (χ2n) is 6.01. The van der Waals surface area contributed by atoms with Gasteiger partial charge in [0.05, 0.1) is 31.8 Å². The van der Waals surface area contributed by atoms with Gasteiger partial charge in [-0.25, -0.2) is 8.42 Å². The second-order valence-corrected chi connectivity index (χ2v) is 8.06. The molecule has 0 aliphatic heterocycles. The van der Waals surface area contributed by atoms with Gasteiger partial charge >= 0.3 is 0 Å². The lowest BCUT2D eigenvalue weighted by atomic mass is 10.2. The number of methoxy groups -OCH3 is 1. The van der Waals surface area contributed by atoms with Gasteiger partial charge < -0.3 is 19.5 Å². The third-order valence-corrected chi connectivity index (χ3v) is 5.78. The molecule has 0 fully saturated rings. The highest BCUT2D eigenvalue weighted by Crippen LogP contribution is 2.30. The maximum absolute atomic E-state index is 12.6. The van der Waals surface area contributed by atoms with E-state index in [9.17, 15) is 13.2 Å². The molecule has 2 aromatic carbocycles. The van der Waals surface area contributed by atoms with E-state index in [0.717, 1.165) is 4.31 Å². The number of carbonyl (C=O) groups excluding carboxylic acids is 1. The molecule has 2 aromatic rings. The SMILES string of the molecule is CCOc1ccc(NC(=O)CN(C)S(=O)(=O)c2ccc(OC)cc2)cc1OCC. The summed E-state index contributed by atoms with van der Waals surface area (Å²) in [5.74, 6) is 1.15. The second kappa shape index (κ2) is 10.1. The minimum Gasteiger partial charge on any atom is -0.497 e. The molecule has 0 heterocycles. The van der Waals surface area contributed by atoms with Gasteiger partial charge in [-0.3, -0.25) is 4.79 Å². The van der Waals surface area contributed by atoms with Gasteiger partial charge in [-0.1, -0.05) is 0 Å². The van der Waals surface area contributed by atoms with Crippen molar-refractivity contribution in [2.24, 2.45) is 0 Å². The Kier molecular flexibility index (Phi) is 7.86. The van der Waals surface area contributed by atoms with Crippen LogP contribution in [0.15, 0.2) is 47.4 Å². The Balaban J connectivity index is 2.08. The molecule has 9 heteroatoms. The van der Waals surface area contributed by atoms with Crippen molar-refractivity contribution in [2.45, 2.75) is 18.7 Å². The van der Waals surface area contributed by atoms with Crippen molar-refractivity contribution in [2.75, 3.05) is 39.2 Å². The first-order valence-electron chi connectivity index (χ1n) is 9.11. The maximum atomic E-state index is 12.6. The molecule has 0 atom stereocenters. The number of ether oxygens (including phenoxy) is 3. The van der Waals surface area contributed by atoms with Crippen LogP contribution in [-0.2, 0) is 14.8 Å². The van der Waals surface area contributed by atoms with Gasteiger partial charge in [0.2, 0.25) is 15.9 Å². The van der Waals surface area contributed by atoms with Crippen LogP contribution in [0, 0.1) is 0 Å². The highest BCUT2D eigenvalue weighted by molar-refractivity contribution is 7.89. The summed E-state index contributed by atoms with van der Waals surface area (Å²) in [6.45, 7) is 4.30. The molecule has 0 aromatic heterocycles. The molecule has 0 bridgehead atoms. The van der Waals surface area contributed by atoms with E-state index in [1.807, 2.05) is 13.8 Å². The Bertz CT molecular complexity index is 928. The predicted octanol–water partition coefficient (Wildman–Crippen LogP) is 2.75. The molecule has 29 heavy (non-hydrogen) atoms. The number of anilines is 1. The first kappa shape index (κ1) is 22.5. The van der Waals surface area contributed by atoms with Crippen LogP contribution in [0.3, 0.4) is 0 Å². The van der Waals surface area contributed by atoms with Crippen molar-refractivity contribution < 1.29 is 27.4 Å². The quantitative estimate of drug-likeness (QED) is 0.633. The number of hydrogen-bond acceptors (Lipinski definition) is 6. The Morgan fingerprint density at radius 1 is 1.00 bits per heavy atom. The Morgan fingerprint density at radius 3 is 2.21 bits per heavy atom. The fourth-order valence-corrected chi connectivity index (χ4v) is 3.67. The fraction of sp³-hybridized carbons (Fsp3) is 0.350. The third kappa shape index (κ3) is 5.85. The summed E-state index contributed by atoms with van der Waals surface area (Å²) < 4.78 is 42.3. The molecule has 0 saturated heterocycles. The van der Waals surface area contributed by atoms with E-state index in [-0.39, 0.29) is 11.4 Å². The van der Waals surface area contributed by atoms with Gasteiger partial charge in [-0.2, -0.15) is 4.31 Å². The summed E-state index contributed by atoms with van der Waals surface area (Å²) >= 11 is 0. The largest absolute Gasteiger partial charge is 0.497 e. The van der Waals surface area contributed by atoms with E-state index in [4.69, 9.17) is 14.2 Å². The molecule has 1 amide bonds. The summed E-state index contributed by atoms with van der Waals surface area (Å²) in [7, 11) is -0.962. The number of nitrogens with one attached hydrogen (secondary N) is 1. The van der Waals surface area contributed by atoms with Crippen LogP contribution >= 0.6 is 0 Å². The van der Waals surface area contributed by atoms with Crippen LogP contribution in [0.25, 0.3) is 0 Å². The first-order valence-corrected chi connectivity index (χ1v) is 10.6. The molecular formula is C20H26N2O6S. The molecule has 1 N–H and O–H groups in total. The van der Waals surface area contributed by atoms with Crippen molar-refractivity contribution in [1.82, 2.24) is 4.31 Å². The van der Waals surface area contributed by atoms with Crippen molar-refractivity contribution in [1.29, 1.82) is 0 Å². The lowest BCUT2D eigenvalue weighted by Gasteiger charge is -2.17. The lowest BCUT2D eigenvalue weighted by molar-refractivity contribution is -0.116. The fourth-order valence-electron chi connectivity index (χ4n) is 2.54. The number of likely N-dealkylation sites (N-methyl/N-ethyl adjacent to an activating group) is 1. The highest BCUT2D eigenvalue weighted by atomic mass is 32.2. The topological polar surface area (TPSA) is 94.2 Å². The summed E-state index contributed by atoms with van der Waals surface area (Å²) in [6.07, 6.45) is 0. The monoisotopic (exact) mass is 422 g/mol. The minimum atomic E-state index is -3.81. The van der Waals surface area contributed by atoms with Gasteiger partial charge in [0.1, 0.15) is 5.75 Å². The maximum Gasteiger partial charge on any atom is 0.243 e. The normalized spacial score (nSPS) is 11.2. The van der Waals surface area contributed by atoms with Crippen LogP contribution < -0.4 is 19.5 Å². The van der Waals surface area contributed by atoms with Gasteiger partial charge in [-0.05, 0) is 50.2 Å². The molecule has 0 aliphatic carbocycles. The number of amides is 1. The molecule has 0 spiro atoms. The average Bonchev–Trinajstić information content (AvgIpc) is 2.70. The molecule has 2 rings (SSSR count). The van der Waals surface area contributed by atoms with Crippen molar-refractivity contribution in [3.8, 4) is 17.2 Å². The number of rotatable bonds is 10. The zero-order valence-corrected chi connectivity index (χ0v) is 17.8. The van der Waals surface area contributed by atoms with E-state index in [1.54, 1.807) is 30.3 Å². The molecule has 0 radical (unpaired) electrons. The van der Waals surface area contributed by atoms with Gasteiger partial charge in [0.15, 0.2) is 11.5 Å². The predicted molar refractivity (Wildman–Crippen MR) is 110 cm³/mol. The molecule has 158 valence electrons. The van der Waals surface area contributed by atoms with Crippen molar-refractivity contribution in [3.63, 3.8) is 0 Å². The van der Waals surface area contributed by atoms with Gasteiger partial charge in [0.25, 0.3) is 0 Å². The van der Waals surface area contributed by atoms with E-state index >= 15 is 0 Å². The van der Waals surface area contributed by atoms with E-state index < -0.39 is 15.9 Å². The molecule has 0 unspecified atom stereocenters. The number of nitrogens with zero attached hydrogens (tertiary/aromatic N) is 1. The number of carbonyl (C=O) groups is 1. The Morgan fingerprint density at radius 2 is 1.62 bits per heavy atom. The molecule has 8 nitrogen and oxygen atoms in total. The van der Waals surface area contributed by atoms with E-state index in [1.165, 1.54) is 26.3 Å². The lowest BCUT2D eigenvalue weighted by Crippen LogP contribution is -2.34. The molecule has 0 saturated carbocycles. The first-order chi connectivity index (χ1) is 13.8. The number of sulfonamides is 1. The molecular weight excluding hydrogens is 396 g/mol. The number of benzene rings is 2. The van der Waals surface area contributed by atoms with E-state index in [2.05, 4.69) is 5.32 Å². The summed E-state index contributed by atoms with van der Waals surface area (Å²) in [5, 5.41) is 2.68. The van der Waals surface area contributed by atoms with Crippen LogP contribution in [0.4, 0.5) is 5.69 Å². The minimum absolute atomic E-state index is 0.0771. The smallest absolute Gasteiger partial charge is 0.243 e.